The number of benzene rings is 2. The second kappa shape index (κ2) is 9.08. The molecule has 2 aromatic carbocycles. The second-order valence-electron chi connectivity index (χ2n) is 7.85. The monoisotopic (exact) mass is 439 g/mol. The average Bonchev–Trinajstić information content (AvgIpc) is 3.30. The number of rotatable bonds is 9. The van der Waals surface area contributed by atoms with E-state index in [0.29, 0.717) is 18.0 Å². The highest BCUT2D eigenvalue weighted by Gasteiger charge is 2.26. The molecule has 1 aliphatic heterocycles. The van der Waals surface area contributed by atoms with Crippen LogP contribution < -0.4 is 4.74 Å². The van der Waals surface area contributed by atoms with Gasteiger partial charge in [-0.1, -0.05) is 30.5 Å². The van der Waals surface area contributed by atoms with E-state index in [9.17, 15) is 8.42 Å². The lowest BCUT2D eigenvalue weighted by Gasteiger charge is -2.09. The van der Waals surface area contributed by atoms with Crippen LogP contribution in [0.5, 0.6) is 6.01 Å². The van der Waals surface area contributed by atoms with E-state index in [-0.39, 0.29) is 17.6 Å². The maximum Gasteiger partial charge on any atom is 0.297 e. The third-order valence-corrected chi connectivity index (χ3v) is 6.80. The standard InChI is InChI=1S/C23H25N3O4S/c1-17-7-10-20(11-8-17)31(27,28)29-13-5-3-2-4-6-19-16-26-22-12-9-18(15-24)14-21(22)25-23(26)30-19/h7-12,14,19H,2-6,13,16H2,1H3/t19-/m0/s1. The van der Waals surface area contributed by atoms with Crippen LogP contribution in [-0.4, -0.2) is 30.7 Å². The van der Waals surface area contributed by atoms with Crippen LogP contribution in [0.15, 0.2) is 47.4 Å². The van der Waals surface area contributed by atoms with Crippen LogP contribution in [0.4, 0.5) is 0 Å². The van der Waals surface area contributed by atoms with Gasteiger partial charge in [0.25, 0.3) is 16.1 Å². The molecule has 3 aromatic rings. The Morgan fingerprint density at radius 3 is 2.71 bits per heavy atom. The van der Waals surface area contributed by atoms with Crippen LogP contribution in [0.25, 0.3) is 11.0 Å². The molecular weight excluding hydrogens is 414 g/mol. The second-order valence-corrected chi connectivity index (χ2v) is 9.47. The summed E-state index contributed by atoms with van der Waals surface area (Å²) < 4.78 is 37.5. The molecule has 0 fully saturated rings. The number of ether oxygens (including phenoxy) is 1. The largest absolute Gasteiger partial charge is 0.459 e. The lowest BCUT2D eigenvalue weighted by molar-refractivity contribution is 0.208. The first-order valence-corrected chi connectivity index (χ1v) is 11.9. The topological polar surface area (TPSA) is 94.2 Å². The van der Waals surface area contributed by atoms with Gasteiger partial charge in [-0.15, -0.1) is 0 Å². The van der Waals surface area contributed by atoms with E-state index >= 15 is 0 Å². The predicted molar refractivity (Wildman–Crippen MR) is 116 cm³/mol. The number of nitrogens with zero attached hydrogens (tertiary/aromatic N) is 3. The van der Waals surface area contributed by atoms with Gasteiger partial charge in [0.1, 0.15) is 6.10 Å². The van der Waals surface area contributed by atoms with Crippen molar-refractivity contribution in [1.29, 1.82) is 5.26 Å². The molecule has 0 spiro atoms. The molecule has 0 saturated carbocycles. The molecule has 1 atom stereocenters. The summed E-state index contributed by atoms with van der Waals surface area (Å²) in [5.41, 5.74) is 3.38. The van der Waals surface area contributed by atoms with Crippen LogP contribution >= 0.6 is 0 Å². The summed E-state index contributed by atoms with van der Waals surface area (Å²) >= 11 is 0. The molecule has 0 bridgehead atoms. The van der Waals surface area contributed by atoms with E-state index in [1.54, 1.807) is 36.4 Å². The van der Waals surface area contributed by atoms with Crippen molar-refractivity contribution < 1.29 is 17.3 Å². The number of aromatic nitrogens is 2. The minimum atomic E-state index is -3.68. The van der Waals surface area contributed by atoms with Gasteiger partial charge in [-0.05, 0) is 56.5 Å². The van der Waals surface area contributed by atoms with Crippen LogP contribution in [0.2, 0.25) is 0 Å². The summed E-state index contributed by atoms with van der Waals surface area (Å²) in [6.07, 6.45) is 4.61. The Morgan fingerprint density at radius 2 is 1.94 bits per heavy atom. The summed E-state index contributed by atoms with van der Waals surface area (Å²) in [5, 5.41) is 9.01. The number of nitriles is 1. The van der Waals surface area contributed by atoms with Gasteiger partial charge in [0.15, 0.2) is 0 Å². The molecule has 1 aliphatic rings. The molecule has 31 heavy (non-hydrogen) atoms. The molecule has 0 radical (unpaired) electrons. The van der Waals surface area contributed by atoms with E-state index in [0.717, 1.165) is 48.8 Å². The molecule has 2 heterocycles. The maximum absolute atomic E-state index is 12.2. The normalized spacial score (nSPS) is 15.5. The molecule has 4 rings (SSSR count). The SMILES string of the molecule is Cc1ccc(S(=O)(=O)OCCCCCC[C@H]2Cn3c(nc4cc(C#N)ccc43)O2)cc1. The molecule has 0 amide bonds. The van der Waals surface area contributed by atoms with Gasteiger partial charge in [-0.2, -0.15) is 18.7 Å². The van der Waals surface area contributed by atoms with Gasteiger partial charge in [-0.25, -0.2) is 0 Å². The lowest BCUT2D eigenvalue weighted by atomic mass is 10.1. The molecule has 0 unspecified atom stereocenters. The van der Waals surface area contributed by atoms with E-state index in [1.165, 1.54) is 0 Å². The third kappa shape index (κ3) is 4.89. The maximum atomic E-state index is 12.2. The van der Waals surface area contributed by atoms with E-state index < -0.39 is 10.1 Å². The highest BCUT2D eigenvalue weighted by atomic mass is 32.2. The summed E-state index contributed by atoms with van der Waals surface area (Å²) in [6, 6.07) is 14.9. The molecule has 0 N–H and O–H groups in total. The van der Waals surface area contributed by atoms with Crippen molar-refractivity contribution in [3.05, 3.63) is 53.6 Å². The Kier molecular flexibility index (Phi) is 6.25. The van der Waals surface area contributed by atoms with E-state index in [2.05, 4.69) is 15.6 Å². The van der Waals surface area contributed by atoms with Gasteiger partial charge >= 0.3 is 0 Å². The third-order valence-electron chi connectivity index (χ3n) is 5.47. The zero-order chi connectivity index (χ0) is 21.8. The summed E-state index contributed by atoms with van der Waals surface area (Å²) in [7, 11) is -3.68. The summed E-state index contributed by atoms with van der Waals surface area (Å²) in [4.78, 5) is 4.69. The first-order valence-electron chi connectivity index (χ1n) is 10.5. The number of imidazole rings is 1. The highest BCUT2D eigenvalue weighted by molar-refractivity contribution is 7.86. The number of hydrogen-bond acceptors (Lipinski definition) is 6. The molecule has 162 valence electrons. The Morgan fingerprint density at radius 1 is 1.16 bits per heavy atom. The van der Waals surface area contributed by atoms with Gasteiger partial charge in [0.05, 0.1) is 40.7 Å². The van der Waals surface area contributed by atoms with Crippen molar-refractivity contribution in [1.82, 2.24) is 9.55 Å². The fourth-order valence-electron chi connectivity index (χ4n) is 3.75. The van der Waals surface area contributed by atoms with Crippen molar-refractivity contribution in [3.63, 3.8) is 0 Å². The fraction of sp³-hybridized carbons (Fsp3) is 0.391. The lowest BCUT2D eigenvalue weighted by Crippen LogP contribution is -2.14. The quantitative estimate of drug-likeness (QED) is 0.364. The first-order chi connectivity index (χ1) is 15.0. The average molecular weight is 440 g/mol. The number of fused-ring (bicyclic) bond motifs is 3. The molecule has 8 heteroatoms. The first kappa shape index (κ1) is 21.3. The van der Waals surface area contributed by atoms with Crippen molar-refractivity contribution in [2.75, 3.05) is 6.61 Å². The van der Waals surface area contributed by atoms with E-state index in [4.69, 9.17) is 14.2 Å². The van der Waals surface area contributed by atoms with Crippen molar-refractivity contribution in [2.45, 2.75) is 56.6 Å². The molecule has 0 aliphatic carbocycles. The van der Waals surface area contributed by atoms with Crippen molar-refractivity contribution >= 4 is 21.2 Å². The van der Waals surface area contributed by atoms with Crippen molar-refractivity contribution in [3.8, 4) is 12.1 Å². The molecule has 1 aromatic heterocycles. The van der Waals surface area contributed by atoms with Crippen LogP contribution in [0.3, 0.4) is 0 Å². The molecule has 7 nitrogen and oxygen atoms in total. The van der Waals surface area contributed by atoms with Gasteiger partial charge in [-0.3, -0.25) is 8.75 Å². The Bertz CT molecular complexity index is 1210. The van der Waals surface area contributed by atoms with Crippen LogP contribution in [-0.2, 0) is 20.8 Å². The summed E-state index contributed by atoms with van der Waals surface area (Å²) in [6.45, 7) is 2.87. The Labute approximate surface area is 182 Å². The van der Waals surface area contributed by atoms with Crippen LogP contribution in [0, 0.1) is 18.3 Å². The summed E-state index contributed by atoms with van der Waals surface area (Å²) in [5.74, 6) is 0. The minimum absolute atomic E-state index is 0.0979. The van der Waals surface area contributed by atoms with Gasteiger partial charge in [0.2, 0.25) is 0 Å². The Balaban J connectivity index is 1.15. The number of aryl methyl sites for hydroxylation is 1. The minimum Gasteiger partial charge on any atom is -0.459 e. The van der Waals surface area contributed by atoms with E-state index in [1.807, 2.05) is 13.0 Å². The number of unbranched alkanes of at least 4 members (excludes halogenated alkanes) is 3. The highest BCUT2D eigenvalue weighted by Crippen LogP contribution is 2.30. The van der Waals surface area contributed by atoms with Crippen LogP contribution in [0.1, 0.15) is 43.2 Å². The molecule has 0 saturated heterocycles. The number of hydrogen-bond donors (Lipinski definition) is 0. The fourth-order valence-corrected chi connectivity index (χ4v) is 4.70. The molecular formula is C23H25N3O4S. The Hall–Kier alpha value is -2.89. The van der Waals surface area contributed by atoms with Gasteiger partial charge in [0, 0.05) is 0 Å². The predicted octanol–water partition coefficient (Wildman–Crippen LogP) is 4.33. The smallest absolute Gasteiger partial charge is 0.297 e. The zero-order valence-electron chi connectivity index (χ0n) is 17.5. The van der Waals surface area contributed by atoms with Gasteiger partial charge < -0.3 is 4.74 Å². The van der Waals surface area contributed by atoms with Crippen molar-refractivity contribution in [2.24, 2.45) is 0 Å². The zero-order valence-corrected chi connectivity index (χ0v) is 18.3.